The van der Waals surface area contributed by atoms with Gasteiger partial charge in [-0.2, -0.15) is 0 Å². The van der Waals surface area contributed by atoms with Crippen LogP contribution in [0.25, 0.3) is 27.3 Å². The Labute approximate surface area is 213 Å². The van der Waals surface area contributed by atoms with Gasteiger partial charge in [0.1, 0.15) is 12.4 Å². The summed E-state index contributed by atoms with van der Waals surface area (Å²) in [7, 11) is 0. The van der Waals surface area contributed by atoms with Crippen molar-refractivity contribution in [2.75, 3.05) is 0 Å². The van der Waals surface area contributed by atoms with Crippen molar-refractivity contribution in [3.8, 4) is 0 Å². The molecule has 7 rings (SSSR count). The summed E-state index contributed by atoms with van der Waals surface area (Å²) in [5.74, 6) is 0.0845. The molecule has 0 spiro atoms. The van der Waals surface area contributed by atoms with E-state index in [0.717, 1.165) is 51.1 Å². The van der Waals surface area contributed by atoms with Crippen LogP contribution >= 0.6 is 0 Å². The van der Waals surface area contributed by atoms with Gasteiger partial charge in [0, 0.05) is 22.3 Å². The third kappa shape index (κ3) is 3.53. The van der Waals surface area contributed by atoms with Crippen molar-refractivity contribution in [1.82, 2.24) is 0 Å². The molecular formula is C33H22O4. The molecule has 0 atom stereocenters. The zero-order valence-corrected chi connectivity index (χ0v) is 20.0. The van der Waals surface area contributed by atoms with Crippen LogP contribution in [-0.2, 0) is 11.3 Å². The average molecular weight is 483 g/mol. The third-order valence-electron chi connectivity index (χ3n) is 7.43. The highest BCUT2D eigenvalue weighted by molar-refractivity contribution is 6.22. The molecule has 0 saturated heterocycles. The number of benzene rings is 4. The third-order valence-corrected chi connectivity index (χ3v) is 7.43. The van der Waals surface area contributed by atoms with E-state index in [9.17, 15) is 14.7 Å². The first-order valence-electron chi connectivity index (χ1n) is 12.4. The summed E-state index contributed by atoms with van der Waals surface area (Å²) in [5, 5.41) is 15.0. The Morgan fingerprint density at radius 3 is 2.03 bits per heavy atom. The number of hydrogen-bond donors (Lipinski definition) is 1. The number of carbonyl (C=O) groups is 2. The second-order valence-corrected chi connectivity index (χ2v) is 9.76. The Kier molecular flexibility index (Phi) is 4.76. The molecule has 0 amide bonds. The Morgan fingerprint density at radius 2 is 1.32 bits per heavy atom. The summed E-state index contributed by atoms with van der Waals surface area (Å²) in [6.07, 6.45) is 7.02. The number of aliphatic hydroxyl groups excluding tert-OH is 1. The van der Waals surface area contributed by atoms with E-state index in [-0.39, 0.29) is 17.3 Å². The van der Waals surface area contributed by atoms with E-state index in [2.05, 4.69) is 0 Å². The van der Waals surface area contributed by atoms with E-state index in [0.29, 0.717) is 34.6 Å². The second kappa shape index (κ2) is 8.17. The van der Waals surface area contributed by atoms with E-state index in [1.807, 2.05) is 84.9 Å². The largest absolute Gasteiger partial charge is 0.507 e. The van der Waals surface area contributed by atoms with Crippen LogP contribution in [0.15, 0.2) is 114 Å². The normalized spacial score (nSPS) is 19.1. The minimum absolute atomic E-state index is 0.0214. The molecular weight excluding hydrogens is 460 g/mol. The lowest BCUT2D eigenvalue weighted by molar-refractivity contribution is 0.0864. The molecule has 2 aliphatic carbocycles. The first-order valence-corrected chi connectivity index (χ1v) is 12.4. The Morgan fingerprint density at radius 1 is 0.703 bits per heavy atom. The van der Waals surface area contributed by atoms with Gasteiger partial charge in [-0.3, -0.25) is 9.59 Å². The van der Waals surface area contributed by atoms with E-state index in [1.54, 1.807) is 6.08 Å². The number of fused-ring (bicyclic) bond motifs is 4. The monoisotopic (exact) mass is 482 g/mol. The molecule has 0 aromatic heterocycles. The van der Waals surface area contributed by atoms with Gasteiger partial charge in [0.2, 0.25) is 5.78 Å². The predicted molar refractivity (Wildman–Crippen MR) is 144 cm³/mol. The number of rotatable bonds is 2. The van der Waals surface area contributed by atoms with E-state index < -0.39 is 0 Å². The topological polar surface area (TPSA) is 63.6 Å². The fraction of sp³-hybridized carbons (Fsp3) is 0.0909. The maximum absolute atomic E-state index is 13.2. The molecule has 1 N–H and O–H groups in total. The molecule has 1 heterocycles. The maximum Gasteiger partial charge on any atom is 0.227 e. The molecule has 0 radical (unpaired) electrons. The van der Waals surface area contributed by atoms with Gasteiger partial charge in [-0.05, 0) is 82.0 Å². The van der Waals surface area contributed by atoms with Crippen molar-refractivity contribution < 1.29 is 19.4 Å². The molecule has 4 nitrogen and oxygen atoms in total. The summed E-state index contributed by atoms with van der Waals surface area (Å²) in [6, 6.07) is 23.5. The van der Waals surface area contributed by atoms with Gasteiger partial charge in [0.25, 0.3) is 0 Å². The molecule has 4 aromatic carbocycles. The number of Topliss-reactive ketones (excluding diaryl/α,β-unsaturated/α-hetero) is 2. The molecule has 0 fully saturated rings. The maximum atomic E-state index is 13.2. The highest BCUT2D eigenvalue weighted by atomic mass is 16.5. The summed E-state index contributed by atoms with van der Waals surface area (Å²) >= 11 is 0. The minimum Gasteiger partial charge on any atom is -0.507 e. The van der Waals surface area contributed by atoms with Crippen molar-refractivity contribution in [3.05, 3.63) is 136 Å². The van der Waals surface area contributed by atoms with Gasteiger partial charge in [-0.15, -0.1) is 0 Å². The Hall–Kier alpha value is -4.70. The Bertz CT molecular complexity index is 1810. The second-order valence-electron chi connectivity index (χ2n) is 9.76. The molecule has 37 heavy (non-hydrogen) atoms. The van der Waals surface area contributed by atoms with Crippen molar-refractivity contribution >= 4 is 38.9 Å². The average Bonchev–Trinajstić information content (AvgIpc) is 3.46. The summed E-state index contributed by atoms with van der Waals surface area (Å²) in [6.45, 7) is 0.357. The van der Waals surface area contributed by atoms with Crippen molar-refractivity contribution in [3.63, 3.8) is 0 Å². The van der Waals surface area contributed by atoms with Gasteiger partial charge < -0.3 is 9.84 Å². The zero-order chi connectivity index (χ0) is 25.1. The molecule has 4 aromatic rings. The lowest BCUT2D eigenvalue weighted by Gasteiger charge is -2.19. The van der Waals surface area contributed by atoms with Gasteiger partial charge in [0.05, 0.1) is 5.57 Å². The van der Waals surface area contributed by atoms with Crippen molar-refractivity contribution in [2.45, 2.75) is 19.4 Å². The minimum atomic E-state index is -0.166. The SMILES string of the molecule is O=C1C(=CC2=CC(=CC3=C(O)c4cc5ccccc5cc4C3=O)CC2)OCc2cc3ccccc3cc21. The van der Waals surface area contributed by atoms with Crippen molar-refractivity contribution in [2.24, 2.45) is 0 Å². The predicted octanol–water partition coefficient (Wildman–Crippen LogP) is 7.40. The smallest absolute Gasteiger partial charge is 0.227 e. The fourth-order valence-corrected chi connectivity index (χ4v) is 5.49. The number of hydrogen-bond acceptors (Lipinski definition) is 4. The molecule has 1 aliphatic heterocycles. The lowest BCUT2D eigenvalue weighted by atomic mass is 9.95. The number of carbonyl (C=O) groups excluding carboxylic acids is 2. The number of ether oxygens (including phenoxy) is 1. The quantitative estimate of drug-likeness (QED) is 0.302. The van der Waals surface area contributed by atoms with E-state index >= 15 is 0 Å². The van der Waals surface area contributed by atoms with Gasteiger partial charge in [-0.1, -0.05) is 54.6 Å². The molecule has 0 saturated carbocycles. The number of ketones is 2. The zero-order valence-electron chi connectivity index (χ0n) is 20.0. The first kappa shape index (κ1) is 21.6. The molecule has 0 bridgehead atoms. The highest BCUT2D eigenvalue weighted by Gasteiger charge is 2.30. The summed E-state index contributed by atoms with van der Waals surface area (Å²) in [4.78, 5) is 26.3. The summed E-state index contributed by atoms with van der Waals surface area (Å²) < 4.78 is 5.86. The van der Waals surface area contributed by atoms with Crippen LogP contribution in [0.3, 0.4) is 0 Å². The molecule has 4 heteroatoms. The van der Waals surface area contributed by atoms with E-state index in [1.165, 1.54) is 0 Å². The van der Waals surface area contributed by atoms with Gasteiger partial charge in [0.15, 0.2) is 11.5 Å². The molecule has 178 valence electrons. The van der Waals surface area contributed by atoms with Crippen LogP contribution < -0.4 is 0 Å². The van der Waals surface area contributed by atoms with Gasteiger partial charge >= 0.3 is 0 Å². The van der Waals surface area contributed by atoms with Crippen molar-refractivity contribution in [1.29, 1.82) is 0 Å². The number of aliphatic hydroxyl groups is 1. The number of allylic oxidation sites excluding steroid dienone is 7. The van der Waals surface area contributed by atoms with Crippen LogP contribution in [0.2, 0.25) is 0 Å². The summed E-state index contributed by atoms with van der Waals surface area (Å²) in [5.41, 5.74) is 4.91. The van der Waals surface area contributed by atoms with Crippen LogP contribution in [0.5, 0.6) is 0 Å². The van der Waals surface area contributed by atoms with Crippen LogP contribution in [0.1, 0.15) is 44.7 Å². The first-order chi connectivity index (χ1) is 18.0. The fourth-order valence-electron chi connectivity index (χ4n) is 5.49. The Balaban J connectivity index is 1.18. The van der Waals surface area contributed by atoms with Crippen LogP contribution in [0.4, 0.5) is 0 Å². The standard InChI is InChI=1S/C33H22O4/c34-31-27-16-23-7-3-4-8-24(23)17-28(27)32(35)29(31)12-19-9-10-20(11-19)13-30-33(36)26-15-22-6-2-1-5-21(22)14-25(26)18-37-30/h1-8,11-17,34H,9-10,18H2. The van der Waals surface area contributed by atoms with Crippen LogP contribution in [0, 0.1) is 0 Å². The van der Waals surface area contributed by atoms with Gasteiger partial charge in [-0.25, -0.2) is 0 Å². The van der Waals surface area contributed by atoms with E-state index in [4.69, 9.17) is 4.74 Å². The molecule has 3 aliphatic rings. The lowest BCUT2D eigenvalue weighted by Crippen LogP contribution is -2.16. The van der Waals surface area contributed by atoms with Crippen LogP contribution in [-0.4, -0.2) is 16.7 Å². The highest BCUT2D eigenvalue weighted by Crippen LogP contribution is 2.37. The molecule has 0 unspecified atom stereocenters.